The fourth-order valence-corrected chi connectivity index (χ4v) is 2.65. The van der Waals surface area contributed by atoms with Crippen molar-refractivity contribution < 1.29 is 9.90 Å². The van der Waals surface area contributed by atoms with E-state index in [-0.39, 0.29) is 6.03 Å². The summed E-state index contributed by atoms with van der Waals surface area (Å²) in [5.74, 6) is 0.604. The number of anilines is 1. The molecule has 1 aliphatic rings. The molecule has 7 heteroatoms. The van der Waals surface area contributed by atoms with Crippen LogP contribution in [-0.4, -0.2) is 44.6 Å². The molecule has 0 spiro atoms. The van der Waals surface area contributed by atoms with Gasteiger partial charge in [-0.15, -0.1) is 0 Å². The lowest BCUT2D eigenvalue weighted by atomic mass is 10.2. The van der Waals surface area contributed by atoms with Gasteiger partial charge in [0.1, 0.15) is 0 Å². The first-order chi connectivity index (χ1) is 9.72. The Morgan fingerprint density at radius 3 is 2.90 bits per heavy atom. The predicted molar refractivity (Wildman–Crippen MR) is 76.6 cm³/mol. The van der Waals surface area contributed by atoms with E-state index in [4.69, 9.17) is 0 Å². The molecule has 2 heterocycles. The SMILES string of the molecule is O=C(Nc1nc(-c2ccccc2)ns1)N1CC[C@H](O)C1. The summed E-state index contributed by atoms with van der Waals surface area (Å²) in [4.78, 5) is 17.8. The molecule has 1 aromatic carbocycles. The Balaban J connectivity index is 1.67. The minimum absolute atomic E-state index is 0.239. The Hall–Kier alpha value is -1.99. The van der Waals surface area contributed by atoms with Crippen LogP contribution in [0.25, 0.3) is 11.4 Å². The molecule has 2 aromatic rings. The lowest BCUT2D eigenvalue weighted by Gasteiger charge is -2.14. The van der Waals surface area contributed by atoms with E-state index in [1.54, 1.807) is 4.90 Å². The summed E-state index contributed by atoms with van der Waals surface area (Å²) < 4.78 is 4.23. The van der Waals surface area contributed by atoms with Gasteiger partial charge in [0.2, 0.25) is 5.13 Å². The topological polar surface area (TPSA) is 78.4 Å². The molecule has 2 N–H and O–H groups in total. The van der Waals surface area contributed by atoms with E-state index in [0.717, 1.165) is 17.1 Å². The highest BCUT2D eigenvalue weighted by Crippen LogP contribution is 2.21. The smallest absolute Gasteiger partial charge is 0.323 e. The quantitative estimate of drug-likeness (QED) is 0.884. The van der Waals surface area contributed by atoms with Crippen molar-refractivity contribution in [3.8, 4) is 11.4 Å². The van der Waals surface area contributed by atoms with Crippen molar-refractivity contribution in [3.63, 3.8) is 0 Å². The van der Waals surface area contributed by atoms with Gasteiger partial charge >= 0.3 is 6.03 Å². The van der Waals surface area contributed by atoms with Gasteiger partial charge in [0, 0.05) is 30.2 Å². The van der Waals surface area contributed by atoms with Gasteiger partial charge in [0.15, 0.2) is 5.82 Å². The second-order valence-corrected chi connectivity index (χ2v) is 5.36. The first kappa shape index (κ1) is 13.0. The van der Waals surface area contributed by atoms with Gasteiger partial charge in [0.25, 0.3) is 0 Å². The molecular formula is C13H14N4O2S. The number of likely N-dealkylation sites (tertiary alicyclic amines) is 1. The van der Waals surface area contributed by atoms with Gasteiger partial charge in [-0.05, 0) is 6.42 Å². The molecule has 20 heavy (non-hydrogen) atoms. The monoisotopic (exact) mass is 290 g/mol. The van der Waals surface area contributed by atoms with E-state index in [9.17, 15) is 9.90 Å². The van der Waals surface area contributed by atoms with Crippen molar-refractivity contribution in [1.29, 1.82) is 0 Å². The number of nitrogens with one attached hydrogen (secondary N) is 1. The molecule has 0 unspecified atom stereocenters. The molecule has 1 fully saturated rings. The zero-order valence-corrected chi connectivity index (χ0v) is 11.5. The maximum atomic E-state index is 11.9. The van der Waals surface area contributed by atoms with Gasteiger partial charge in [-0.2, -0.15) is 9.36 Å². The summed E-state index contributed by atoms with van der Waals surface area (Å²) in [5, 5.41) is 12.6. The molecule has 2 amide bonds. The Labute approximate surface area is 120 Å². The van der Waals surface area contributed by atoms with E-state index in [2.05, 4.69) is 14.7 Å². The number of urea groups is 1. The Morgan fingerprint density at radius 2 is 2.20 bits per heavy atom. The summed E-state index contributed by atoms with van der Waals surface area (Å²) in [7, 11) is 0. The third kappa shape index (κ3) is 2.78. The van der Waals surface area contributed by atoms with Gasteiger partial charge in [-0.25, -0.2) is 4.79 Å². The van der Waals surface area contributed by atoms with E-state index in [1.807, 2.05) is 30.3 Å². The number of carbonyl (C=O) groups excluding carboxylic acids is 1. The van der Waals surface area contributed by atoms with Crippen LogP contribution in [-0.2, 0) is 0 Å². The number of hydrogen-bond acceptors (Lipinski definition) is 5. The van der Waals surface area contributed by atoms with Crippen LogP contribution in [0.4, 0.5) is 9.93 Å². The summed E-state index contributed by atoms with van der Waals surface area (Å²) in [6.07, 6.45) is 0.203. The molecule has 104 valence electrons. The zero-order chi connectivity index (χ0) is 13.9. The number of amides is 2. The predicted octanol–water partition coefficient (Wildman–Crippen LogP) is 1.80. The van der Waals surface area contributed by atoms with Crippen molar-refractivity contribution in [2.24, 2.45) is 0 Å². The second kappa shape index (κ2) is 5.56. The minimum atomic E-state index is -0.421. The standard InChI is InChI=1S/C13H14N4O2S/c18-10-6-7-17(8-10)13(19)15-12-14-11(16-20-12)9-4-2-1-3-5-9/h1-5,10,18H,6-8H2,(H,14,15,16,19)/t10-/m0/s1. The van der Waals surface area contributed by atoms with Gasteiger partial charge in [0.05, 0.1) is 6.10 Å². The number of nitrogens with zero attached hydrogens (tertiary/aromatic N) is 3. The average molecular weight is 290 g/mol. The number of aliphatic hydroxyl groups is 1. The van der Waals surface area contributed by atoms with Crippen molar-refractivity contribution in [2.45, 2.75) is 12.5 Å². The van der Waals surface area contributed by atoms with Gasteiger partial charge < -0.3 is 10.0 Å². The van der Waals surface area contributed by atoms with E-state index in [0.29, 0.717) is 30.5 Å². The highest BCUT2D eigenvalue weighted by atomic mass is 32.1. The molecule has 1 aliphatic heterocycles. The number of aromatic nitrogens is 2. The number of rotatable bonds is 2. The Morgan fingerprint density at radius 1 is 1.40 bits per heavy atom. The van der Waals surface area contributed by atoms with Crippen LogP contribution in [0.1, 0.15) is 6.42 Å². The molecule has 1 aromatic heterocycles. The highest BCUT2D eigenvalue weighted by molar-refractivity contribution is 7.10. The maximum Gasteiger partial charge on any atom is 0.323 e. The van der Waals surface area contributed by atoms with Crippen LogP contribution in [0.5, 0.6) is 0 Å². The van der Waals surface area contributed by atoms with Crippen LogP contribution < -0.4 is 5.32 Å². The van der Waals surface area contributed by atoms with E-state index < -0.39 is 6.10 Å². The van der Waals surface area contributed by atoms with Gasteiger partial charge in [-0.1, -0.05) is 30.3 Å². The molecule has 0 bridgehead atoms. The molecule has 1 saturated heterocycles. The summed E-state index contributed by atoms with van der Waals surface area (Å²) in [6.45, 7) is 0.938. The number of benzene rings is 1. The second-order valence-electron chi connectivity index (χ2n) is 4.61. The molecule has 6 nitrogen and oxygen atoms in total. The number of hydrogen-bond donors (Lipinski definition) is 2. The molecule has 3 rings (SSSR count). The van der Waals surface area contributed by atoms with Crippen LogP contribution in [0.15, 0.2) is 30.3 Å². The lowest BCUT2D eigenvalue weighted by molar-refractivity contribution is 0.176. The van der Waals surface area contributed by atoms with Crippen molar-refractivity contribution in [2.75, 3.05) is 18.4 Å². The van der Waals surface area contributed by atoms with Crippen LogP contribution >= 0.6 is 11.5 Å². The molecule has 0 saturated carbocycles. The summed E-state index contributed by atoms with van der Waals surface area (Å²) >= 11 is 1.15. The third-order valence-corrected chi connectivity index (χ3v) is 3.75. The van der Waals surface area contributed by atoms with Crippen LogP contribution in [0, 0.1) is 0 Å². The van der Waals surface area contributed by atoms with Crippen LogP contribution in [0.3, 0.4) is 0 Å². The number of β-amino-alcohol motifs (C(OH)–C–C–N with tert-alkyl or cyclic N) is 1. The largest absolute Gasteiger partial charge is 0.391 e. The van der Waals surface area contributed by atoms with Crippen molar-refractivity contribution in [3.05, 3.63) is 30.3 Å². The summed E-state index contributed by atoms with van der Waals surface area (Å²) in [5.41, 5.74) is 0.917. The Bertz CT molecular complexity index is 601. The fourth-order valence-electron chi connectivity index (χ4n) is 2.08. The molecule has 0 aliphatic carbocycles. The maximum absolute atomic E-state index is 11.9. The molecule has 1 atom stereocenters. The molecular weight excluding hydrogens is 276 g/mol. The van der Waals surface area contributed by atoms with Gasteiger partial charge in [-0.3, -0.25) is 5.32 Å². The van der Waals surface area contributed by atoms with Crippen molar-refractivity contribution in [1.82, 2.24) is 14.3 Å². The number of aliphatic hydroxyl groups excluding tert-OH is 1. The van der Waals surface area contributed by atoms with Crippen LogP contribution in [0.2, 0.25) is 0 Å². The molecule has 0 radical (unpaired) electrons. The highest BCUT2D eigenvalue weighted by Gasteiger charge is 2.25. The Kier molecular flexibility index (Phi) is 3.62. The van der Waals surface area contributed by atoms with E-state index in [1.165, 1.54) is 0 Å². The van der Waals surface area contributed by atoms with Crippen molar-refractivity contribution >= 4 is 22.7 Å². The average Bonchev–Trinajstić information content (AvgIpc) is 3.09. The fraction of sp³-hybridized carbons (Fsp3) is 0.308. The zero-order valence-electron chi connectivity index (χ0n) is 10.7. The lowest BCUT2D eigenvalue weighted by Crippen LogP contribution is -2.33. The minimum Gasteiger partial charge on any atom is -0.391 e. The normalized spacial score (nSPS) is 18.2. The first-order valence-electron chi connectivity index (χ1n) is 6.35. The third-order valence-electron chi connectivity index (χ3n) is 3.12. The number of carbonyl (C=O) groups is 1. The van der Waals surface area contributed by atoms with E-state index >= 15 is 0 Å². The first-order valence-corrected chi connectivity index (χ1v) is 7.13. The summed E-state index contributed by atoms with van der Waals surface area (Å²) in [6, 6.07) is 9.37.